The summed E-state index contributed by atoms with van der Waals surface area (Å²) in [5, 5.41) is 8.58. The molecule has 1 heterocycles. The second kappa shape index (κ2) is 4.72. The minimum atomic E-state index is -1.11. The number of carbonyl (C=O) groups excluding carboxylic acids is 2. The molecule has 0 aromatic heterocycles. The Hall–Kier alpha value is -1.65. The van der Waals surface area contributed by atoms with Gasteiger partial charge in [0.05, 0.1) is 18.3 Å². The summed E-state index contributed by atoms with van der Waals surface area (Å²) in [5.74, 6) is -4.13. The van der Waals surface area contributed by atoms with Gasteiger partial charge < -0.3 is 9.84 Å². The second-order valence-corrected chi connectivity index (χ2v) is 3.31. The van der Waals surface area contributed by atoms with Crippen LogP contribution in [0.1, 0.15) is 19.8 Å². The van der Waals surface area contributed by atoms with Crippen LogP contribution in [0.4, 0.5) is 0 Å². The van der Waals surface area contributed by atoms with Gasteiger partial charge in [-0.05, 0) is 6.42 Å². The lowest BCUT2D eigenvalue weighted by atomic mass is 9.91. The molecule has 0 bridgehead atoms. The van der Waals surface area contributed by atoms with Crippen molar-refractivity contribution >= 4 is 17.9 Å². The molecule has 0 spiro atoms. The van der Waals surface area contributed by atoms with Crippen molar-refractivity contribution in [3.05, 3.63) is 12.2 Å². The summed E-state index contributed by atoms with van der Waals surface area (Å²) in [6.45, 7) is 1.88. The number of carbonyl (C=O) groups is 3. The van der Waals surface area contributed by atoms with Crippen molar-refractivity contribution in [3.8, 4) is 0 Å². The third kappa shape index (κ3) is 2.65. The monoisotopic (exact) mass is 212 g/mol. The number of allylic oxidation sites excluding steroid dienone is 1. The fourth-order valence-electron chi connectivity index (χ4n) is 1.45. The van der Waals surface area contributed by atoms with Crippen molar-refractivity contribution in [2.45, 2.75) is 19.8 Å². The van der Waals surface area contributed by atoms with Crippen molar-refractivity contribution in [2.24, 2.45) is 11.8 Å². The Morgan fingerprint density at radius 3 is 2.67 bits per heavy atom. The van der Waals surface area contributed by atoms with E-state index in [1.807, 2.05) is 6.92 Å². The van der Waals surface area contributed by atoms with Gasteiger partial charge in [0.1, 0.15) is 0 Å². The van der Waals surface area contributed by atoms with Crippen LogP contribution in [0.15, 0.2) is 12.2 Å². The van der Waals surface area contributed by atoms with Crippen LogP contribution in [0, 0.1) is 11.8 Å². The smallest absolute Gasteiger partial charge is 0.321 e. The fourth-order valence-corrected chi connectivity index (χ4v) is 1.45. The van der Waals surface area contributed by atoms with Crippen LogP contribution in [0.3, 0.4) is 0 Å². The molecule has 1 fully saturated rings. The van der Waals surface area contributed by atoms with E-state index in [-0.39, 0.29) is 6.42 Å². The first-order valence-corrected chi connectivity index (χ1v) is 4.70. The molecule has 0 aliphatic carbocycles. The van der Waals surface area contributed by atoms with Crippen molar-refractivity contribution in [2.75, 3.05) is 0 Å². The molecule has 0 aromatic rings. The van der Waals surface area contributed by atoms with Gasteiger partial charge in [0, 0.05) is 0 Å². The van der Waals surface area contributed by atoms with Crippen molar-refractivity contribution in [3.63, 3.8) is 0 Å². The van der Waals surface area contributed by atoms with E-state index in [2.05, 4.69) is 4.74 Å². The van der Waals surface area contributed by atoms with E-state index in [9.17, 15) is 14.4 Å². The molecule has 1 saturated heterocycles. The number of carboxylic acid groups (broad SMARTS) is 1. The number of cyclic esters (lactones) is 2. The summed E-state index contributed by atoms with van der Waals surface area (Å²) >= 11 is 0. The predicted octanol–water partition coefficient (Wildman–Crippen LogP) is 0.743. The second-order valence-electron chi connectivity index (χ2n) is 3.31. The molecule has 82 valence electrons. The van der Waals surface area contributed by atoms with Crippen LogP contribution in [-0.2, 0) is 19.1 Å². The first-order chi connectivity index (χ1) is 7.06. The van der Waals surface area contributed by atoms with Crippen LogP contribution >= 0.6 is 0 Å². The molecule has 1 N–H and O–H groups in total. The largest absolute Gasteiger partial charge is 0.481 e. The highest BCUT2D eigenvalue weighted by molar-refractivity contribution is 5.98. The SMILES string of the molecule is CC/C=C/C1C(=O)OC(=O)C1CC(=O)O. The van der Waals surface area contributed by atoms with Gasteiger partial charge in [-0.1, -0.05) is 19.1 Å². The van der Waals surface area contributed by atoms with Gasteiger partial charge in [-0.3, -0.25) is 14.4 Å². The number of hydrogen-bond acceptors (Lipinski definition) is 4. The highest BCUT2D eigenvalue weighted by atomic mass is 16.6. The van der Waals surface area contributed by atoms with E-state index in [4.69, 9.17) is 5.11 Å². The molecule has 0 saturated carbocycles. The Labute approximate surface area is 86.7 Å². The van der Waals surface area contributed by atoms with Crippen molar-refractivity contribution < 1.29 is 24.2 Å². The van der Waals surface area contributed by atoms with Crippen LogP contribution in [-0.4, -0.2) is 23.0 Å². The summed E-state index contributed by atoms with van der Waals surface area (Å²) in [4.78, 5) is 32.8. The van der Waals surface area contributed by atoms with E-state index in [1.165, 1.54) is 0 Å². The van der Waals surface area contributed by atoms with Crippen LogP contribution in [0.25, 0.3) is 0 Å². The molecule has 0 amide bonds. The number of hydrogen-bond donors (Lipinski definition) is 1. The van der Waals surface area contributed by atoms with Gasteiger partial charge in [-0.25, -0.2) is 0 Å². The quantitative estimate of drug-likeness (QED) is 0.422. The fraction of sp³-hybridized carbons (Fsp3) is 0.500. The zero-order valence-corrected chi connectivity index (χ0v) is 8.30. The molecule has 5 nitrogen and oxygen atoms in total. The molecule has 2 unspecified atom stereocenters. The zero-order chi connectivity index (χ0) is 11.4. The minimum absolute atomic E-state index is 0.372. The number of ether oxygens (including phenoxy) is 1. The van der Waals surface area contributed by atoms with E-state index in [1.54, 1.807) is 12.2 Å². The Morgan fingerprint density at radius 1 is 1.47 bits per heavy atom. The minimum Gasteiger partial charge on any atom is -0.481 e. The molecule has 0 radical (unpaired) electrons. The van der Waals surface area contributed by atoms with Crippen LogP contribution in [0.2, 0.25) is 0 Å². The third-order valence-corrected chi connectivity index (χ3v) is 2.18. The number of carboxylic acids is 1. The van der Waals surface area contributed by atoms with E-state index < -0.39 is 29.7 Å². The molecule has 1 rings (SSSR count). The third-order valence-electron chi connectivity index (χ3n) is 2.18. The average molecular weight is 212 g/mol. The van der Waals surface area contributed by atoms with Crippen LogP contribution < -0.4 is 0 Å². The van der Waals surface area contributed by atoms with Gasteiger partial charge in [0.2, 0.25) is 0 Å². The lowest BCUT2D eigenvalue weighted by Gasteiger charge is -2.05. The summed E-state index contributed by atoms with van der Waals surface area (Å²) in [5.41, 5.74) is 0. The standard InChI is InChI=1S/C10H12O5/c1-2-3-4-6-7(5-8(11)12)10(14)15-9(6)13/h3-4,6-7H,2,5H2,1H3,(H,11,12)/b4-3+. The summed E-state index contributed by atoms with van der Waals surface area (Å²) < 4.78 is 4.39. The number of aliphatic carboxylic acids is 1. The van der Waals surface area contributed by atoms with Gasteiger partial charge in [-0.15, -0.1) is 0 Å². The molecular formula is C10H12O5. The predicted molar refractivity (Wildman–Crippen MR) is 49.8 cm³/mol. The Balaban J connectivity index is 2.79. The van der Waals surface area contributed by atoms with E-state index in [0.717, 1.165) is 6.42 Å². The molecule has 1 aliphatic rings. The van der Waals surface area contributed by atoms with E-state index >= 15 is 0 Å². The van der Waals surface area contributed by atoms with Crippen molar-refractivity contribution in [1.29, 1.82) is 0 Å². The molecule has 2 atom stereocenters. The number of esters is 2. The van der Waals surface area contributed by atoms with E-state index in [0.29, 0.717) is 0 Å². The zero-order valence-electron chi connectivity index (χ0n) is 8.30. The first-order valence-electron chi connectivity index (χ1n) is 4.70. The highest BCUT2D eigenvalue weighted by Crippen LogP contribution is 2.27. The summed E-state index contributed by atoms with van der Waals surface area (Å²) in [7, 11) is 0. The molecule has 5 heteroatoms. The lowest BCUT2D eigenvalue weighted by Crippen LogP contribution is -2.19. The topological polar surface area (TPSA) is 80.7 Å². The Kier molecular flexibility index (Phi) is 3.60. The average Bonchev–Trinajstić information content (AvgIpc) is 2.39. The maximum atomic E-state index is 11.2. The maximum absolute atomic E-state index is 11.2. The van der Waals surface area contributed by atoms with Gasteiger partial charge >= 0.3 is 17.9 Å². The van der Waals surface area contributed by atoms with Crippen LogP contribution in [0.5, 0.6) is 0 Å². The van der Waals surface area contributed by atoms with Crippen molar-refractivity contribution in [1.82, 2.24) is 0 Å². The van der Waals surface area contributed by atoms with Gasteiger partial charge in [0.25, 0.3) is 0 Å². The lowest BCUT2D eigenvalue weighted by molar-refractivity contribution is -0.154. The molecular weight excluding hydrogens is 200 g/mol. The highest BCUT2D eigenvalue weighted by Gasteiger charge is 2.43. The first kappa shape index (κ1) is 11.4. The van der Waals surface area contributed by atoms with Gasteiger partial charge in [-0.2, -0.15) is 0 Å². The summed E-state index contributed by atoms with van der Waals surface area (Å²) in [6, 6.07) is 0. The molecule has 1 aliphatic heterocycles. The summed E-state index contributed by atoms with van der Waals surface area (Å²) in [6.07, 6.45) is 3.61. The normalized spacial score (nSPS) is 25.9. The molecule has 0 aromatic carbocycles. The number of rotatable bonds is 4. The maximum Gasteiger partial charge on any atom is 0.321 e. The Bertz CT molecular complexity index is 318. The molecule has 15 heavy (non-hydrogen) atoms. The Morgan fingerprint density at radius 2 is 2.13 bits per heavy atom. The van der Waals surface area contributed by atoms with Gasteiger partial charge in [0.15, 0.2) is 0 Å².